The molecule has 0 aliphatic heterocycles. The molecule has 102 valence electrons. The third kappa shape index (κ3) is 2.36. The van der Waals surface area contributed by atoms with Crippen molar-refractivity contribution in [3.05, 3.63) is 41.4 Å². The van der Waals surface area contributed by atoms with E-state index in [0.29, 0.717) is 18.2 Å². The number of nitrogens with two attached hydrogens (primary N) is 1. The van der Waals surface area contributed by atoms with Gasteiger partial charge in [0.25, 0.3) is 0 Å². The van der Waals surface area contributed by atoms with E-state index in [-0.39, 0.29) is 0 Å². The van der Waals surface area contributed by atoms with Gasteiger partial charge in [0.2, 0.25) is 0 Å². The molecule has 0 fully saturated rings. The Hall–Kier alpha value is -2.02. The molecule has 1 aromatic carbocycles. The number of ether oxygens (including phenoxy) is 1. The van der Waals surface area contributed by atoms with Crippen LogP contribution in [0.2, 0.25) is 0 Å². The predicted molar refractivity (Wildman–Crippen MR) is 81.4 cm³/mol. The van der Waals surface area contributed by atoms with Gasteiger partial charge in [0.05, 0.1) is 12.3 Å². The molecule has 3 N–H and O–H groups in total. The molecule has 0 spiro atoms. The minimum Gasteiger partial charge on any atom is -0.378 e. The van der Waals surface area contributed by atoms with Crippen LogP contribution >= 0.6 is 11.3 Å². The highest BCUT2D eigenvalue weighted by Crippen LogP contribution is 2.32. The summed E-state index contributed by atoms with van der Waals surface area (Å²) in [5.41, 5.74) is 4.38. The van der Waals surface area contributed by atoms with Crippen molar-refractivity contribution in [2.45, 2.75) is 6.61 Å². The molecule has 20 heavy (non-hydrogen) atoms. The van der Waals surface area contributed by atoms with Crippen LogP contribution in [0.3, 0.4) is 0 Å². The molecule has 2 heterocycles. The van der Waals surface area contributed by atoms with Gasteiger partial charge in [0.15, 0.2) is 5.82 Å². The maximum absolute atomic E-state index is 5.47. The minimum absolute atomic E-state index is 0.423. The molecule has 0 saturated heterocycles. The Morgan fingerprint density at radius 1 is 1.30 bits per heavy atom. The zero-order chi connectivity index (χ0) is 13.9. The number of hydrogen-bond donors (Lipinski definition) is 2. The number of anilines is 1. The molecule has 3 rings (SSSR count). The van der Waals surface area contributed by atoms with Crippen molar-refractivity contribution in [3.63, 3.8) is 0 Å². The number of aromatic nitrogens is 2. The molecule has 0 saturated carbocycles. The fraction of sp³-hybridized carbons (Fsp3) is 0.143. The number of benzene rings is 1. The van der Waals surface area contributed by atoms with Gasteiger partial charge in [0.1, 0.15) is 5.82 Å². The first-order valence-electron chi connectivity index (χ1n) is 6.12. The van der Waals surface area contributed by atoms with E-state index in [0.717, 1.165) is 16.6 Å². The molecule has 0 atom stereocenters. The Kier molecular flexibility index (Phi) is 3.60. The van der Waals surface area contributed by atoms with Crippen molar-refractivity contribution in [2.75, 3.05) is 12.5 Å². The number of rotatable bonds is 4. The van der Waals surface area contributed by atoms with Gasteiger partial charge in [-0.1, -0.05) is 18.2 Å². The van der Waals surface area contributed by atoms with Crippen LogP contribution in [0.15, 0.2) is 35.7 Å². The van der Waals surface area contributed by atoms with E-state index in [1.807, 2.05) is 12.1 Å². The van der Waals surface area contributed by atoms with Crippen LogP contribution in [0.25, 0.3) is 21.5 Å². The van der Waals surface area contributed by atoms with E-state index >= 15 is 0 Å². The lowest BCUT2D eigenvalue weighted by Gasteiger charge is -2.06. The van der Waals surface area contributed by atoms with Crippen LogP contribution in [0.4, 0.5) is 5.82 Å². The number of methoxy groups -OCH3 is 1. The molecule has 0 bridgehead atoms. The van der Waals surface area contributed by atoms with E-state index < -0.39 is 0 Å². The SMILES string of the molecule is COCc1cc(NN)nc(-c2csc3ccccc23)n1. The van der Waals surface area contributed by atoms with E-state index in [1.54, 1.807) is 24.5 Å². The zero-order valence-electron chi connectivity index (χ0n) is 11.0. The van der Waals surface area contributed by atoms with Gasteiger partial charge in [0, 0.05) is 34.2 Å². The Labute approximate surface area is 120 Å². The summed E-state index contributed by atoms with van der Waals surface area (Å²) < 4.78 is 6.34. The molecule has 0 amide bonds. The molecule has 2 aromatic heterocycles. The van der Waals surface area contributed by atoms with Crippen LogP contribution in [0.5, 0.6) is 0 Å². The summed E-state index contributed by atoms with van der Waals surface area (Å²) >= 11 is 1.68. The van der Waals surface area contributed by atoms with Gasteiger partial charge in [-0.3, -0.25) is 0 Å². The summed E-state index contributed by atoms with van der Waals surface area (Å²) in [7, 11) is 1.64. The topological polar surface area (TPSA) is 73.1 Å². The highest BCUT2D eigenvalue weighted by atomic mass is 32.1. The van der Waals surface area contributed by atoms with E-state index in [9.17, 15) is 0 Å². The lowest BCUT2D eigenvalue weighted by Crippen LogP contribution is -2.10. The van der Waals surface area contributed by atoms with Crippen molar-refractivity contribution in [2.24, 2.45) is 5.84 Å². The Balaban J connectivity index is 2.15. The van der Waals surface area contributed by atoms with Gasteiger partial charge in [-0.2, -0.15) is 0 Å². The first kappa shape index (κ1) is 13.0. The Morgan fingerprint density at radius 2 is 2.15 bits per heavy atom. The van der Waals surface area contributed by atoms with Crippen molar-refractivity contribution in [3.8, 4) is 11.4 Å². The number of hydrazine groups is 1. The summed E-state index contributed by atoms with van der Waals surface area (Å²) in [4.78, 5) is 8.97. The summed E-state index contributed by atoms with van der Waals surface area (Å²) in [6.45, 7) is 0.423. The van der Waals surface area contributed by atoms with Gasteiger partial charge in [-0.15, -0.1) is 11.3 Å². The van der Waals surface area contributed by atoms with Gasteiger partial charge in [-0.25, -0.2) is 15.8 Å². The second-order valence-corrected chi connectivity index (χ2v) is 5.20. The molecule has 0 unspecified atom stereocenters. The Morgan fingerprint density at radius 3 is 2.95 bits per heavy atom. The maximum Gasteiger partial charge on any atom is 0.163 e. The predicted octanol–water partition coefficient (Wildman–Crippen LogP) is 2.79. The third-order valence-electron chi connectivity index (χ3n) is 2.94. The molecule has 0 aliphatic carbocycles. The van der Waals surface area contributed by atoms with Crippen LogP contribution in [0.1, 0.15) is 5.69 Å². The van der Waals surface area contributed by atoms with E-state index in [1.165, 1.54) is 4.70 Å². The summed E-state index contributed by atoms with van der Waals surface area (Å²) in [6.07, 6.45) is 0. The smallest absolute Gasteiger partial charge is 0.163 e. The van der Waals surface area contributed by atoms with Gasteiger partial charge in [-0.05, 0) is 6.07 Å². The second-order valence-electron chi connectivity index (χ2n) is 4.29. The van der Waals surface area contributed by atoms with Gasteiger partial charge < -0.3 is 10.2 Å². The standard InChI is InChI=1S/C14H14N4OS/c1-19-7-9-6-13(18-15)17-14(16-9)11-8-20-12-5-3-2-4-10(11)12/h2-6,8H,7,15H2,1H3,(H,16,17,18). The number of thiophene rings is 1. The second kappa shape index (κ2) is 5.54. The van der Waals surface area contributed by atoms with Crippen molar-refractivity contribution < 1.29 is 4.74 Å². The largest absolute Gasteiger partial charge is 0.378 e. The lowest BCUT2D eigenvalue weighted by atomic mass is 10.1. The lowest BCUT2D eigenvalue weighted by molar-refractivity contribution is 0.181. The first-order valence-corrected chi connectivity index (χ1v) is 7.00. The van der Waals surface area contributed by atoms with E-state index in [4.69, 9.17) is 10.6 Å². The highest BCUT2D eigenvalue weighted by molar-refractivity contribution is 7.17. The van der Waals surface area contributed by atoms with Gasteiger partial charge >= 0.3 is 0 Å². The quantitative estimate of drug-likeness (QED) is 0.570. The number of fused-ring (bicyclic) bond motifs is 1. The van der Waals surface area contributed by atoms with Crippen molar-refractivity contribution in [1.29, 1.82) is 0 Å². The van der Waals surface area contributed by atoms with Crippen molar-refractivity contribution in [1.82, 2.24) is 9.97 Å². The fourth-order valence-electron chi connectivity index (χ4n) is 2.06. The fourth-order valence-corrected chi connectivity index (χ4v) is 3.00. The third-order valence-corrected chi connectivity index (χ3v) is 3.90. The maximum atomic E-state index is 5.47. The summed E-state index contributed by atoms with van der Waals surface area (Å²) in [5.74, 6) is 6.71. The average Bonchev–Trinajstić information content (AvgIpc) is 2.91. The average molecular weight is 286 g/mol. The minimum atomic E-state index is 0.423. The monoisotopic (exact) mass is 286 g/mol. The molecular formula is C14H14N4OS. The number of nitrogen functional groups attached to an aromatic ring is 1. The Bertz CT molecular complexity index is 741. The molecule has 0 aliphatic rings. The van der Waals surface area contributed by atoms with Crippen LogP contribution in [-0.4, -0.2) is 17.1 Å². The molecule has 3 aromatic rings. The number of nitrogens with zero attached hydrogens (tertiary/aromatic N) is 2. The van der Waals surface area contributed by atoms with Crippen LogP contribution < -0.4 is 11.3 Å². The van der Waals surface area contributed by atoms with Crippen molar-refractivity contribution >= 4 is 27.2 Å². The number of hydrogen-bond acceptors (Lipinski definition) is 6. The number of nitrogens with one attached hydrogen (secondary N) is 1. The molecule has 0 radical (unpaired) electrons. The van der Waals surface area contributed by atoms with Crippen LogP contribution in [0, 0.1) is 0 Å². The van der Waals surface area contributed by atoms with E-state index in [2.05, 4.69) is 32.9 Å². The molecular weight excluding hydrogens is 272 g/mol. The summed E-state index contributed by atoms with van der Waals surface area (Å²) in [5, 5.41) is 3.21. The zero-order valence-corrected chi connectivity index (χ0v) is 11.8. The highest BCUT2D eigenvalue weighted by Gasteiger charge is 2.11. The normalized spacial score (nSPS) is 10.9. The van der Waals surface area contributed by atoms with Crippen LogP contribution in [-0.2, 0) is 11.3 Å². The first-order chi connectivity index (χ1) is 9.81. The summed E-state index contributed by atoms with van der Waals surface area (Å²) in [6, 6.07) is 9.98. The molecule has 5 nitrogen and oxygen atoms in total. The molecule has 6 heteroatoms.